The van der Waals surface area contributed by atoms with Crippen LogP contribution in [0.3, 0.4) is 0 Å². The Morgan fingerprint density at radius 1 is 0.895 bits per heavy atom. The molecule has 1 saturated carbocycles. The maximum Gasteiger partial charge on any atom is 0.0121 e. The maximum atomic E-state index is 3.87. The first-order valence-electron chi connectivity index (χ1n) is 8.83. The highest BCUT2D eigenvalue weighted by atomic mass is 14.9. The van der Waals surface area contributed by atoms with Crippen LogP contribution in [0.1, 0.15) is 79.6 Å². The summed E-state index contributed by atoms with van der Waals surface area (Å²) < 4.78 is 0. The first-order chi connectivity index (χ1) is 9.10. The minimum absolute atomic E-state index is 0.771. The lowest BCUT2D eigenvalue weighted by molar-refractivity contribution is 0.158. The highest BCUT2D eigenvalue weighted by Crippen LogP contribution is 2.36. The molecule has 0 radical (unpaired) electrons. The minimum atomic E-state index is 0.771. The topological polar surface area (TPSA) is 12.0 Å². The molecule has 1 nitrogen and oxygen atoms in total. The molecular weight excluding hydrogens is 230 g/mol. The molecule has 1 aliphatic carbocycles. The van der Waals surface area contributed by atoms with Crippen molar-refractivity contribution < 1.29 is 0 Å². The zero-order chi connectivity index (χ0) is 14.3. The van der Waals surface area contributed by atoms with Crippen LogP contribution in [0.15, 0.2) is 0 Å². The van der Waals surface area contributed by atoms with Crippen molar-refractivity contribution in [1.29, 1.82) is 0 Å². The molecule has 114 valence electrons. The third kappa shape index (κ3) is 5.45. The van der Waals surface area contributed by atoms with Crippen LogP contribution in [0.5, 0.6) is 0 Å². The molecule has 0 aromatic heterocycles. The first-order valence-corrected chi connectivity index (χ1v) is 8.83. The molecule has 1 rings (SSSR count). The third-order valence-corrected chi connectivity index (χ3v) is 5.25. The van der Waals surface area contributed by atoms with E-state index >= 15 is 0 Å². The van der Waals surface area contributed by atoms with E-state index in [9.17, 15) is 0 Å². The fraction of sp³-hybridized carbons (Fsp3) is 1.00. The second kappa shape index (κ2) is 9.00. The van der Waals surface area contributed by atoms with Gasteiger partial charge in [0.05, 0.1) is 0 Å². The zero-order valence-electron chi connectivity index (χ0n) is 14.0. The summed E-state index contributed by atoms with van der Waals surface area (Å²) in [5.74, 6) is 3.65. The predicted octanol–water partition coefficient (Wildman–Crippen LogP) is 5.25. The van der Waals surface area contributed by atoms with Gasteiger partial charge < -0.3 is 5.32 Å². The van der Waals surface area contributed by atoms with Crippen LogP contribution < -0.4 is 5.32 Å². The Hall–Kier alpha value is -0.0400. The third-order valence-electron chi connectivity index (χ3n) is 5.25. The molecule has 0 saturated heterocycles. The van der Waals surface area contributed by atoms with Gasteiger partial charge in [-0.1, -0.05) is 41.0 Å². The van der Waals surface area contributed by atoms with E-state index < -0.39 is 0 Å². The van der Waals surface area contributed by atoms with Gasteiger partial charge in [0.2, 0.25) is 0 Å². The fourth-order valence-corrected chi connectivity index (χ4v) is 3.95. The lowest BCUT2D eigenvalue weighted by atomic mass is 9.72. The van der Waals surface area contributed by atoms with Gasteiger partial charge in [-0.05, 0) is 68.7 Å². The molecule has 1 N–H and O–H groups in total. The quantitative estimate of drug-likeness (QED) is 0.633. The van der Waals surface area contributed by atoms with E-state index in [1.54, 1.807) is 0 Å². The van der Waals surface area contributed by atoms with Crippen LogP contribution >= 0.6 is 0 Å². The second-order valence-electron chi connectivity index (χ2n) is 7.16. The van der Waals surface area contributed by atoms with Crippen molar-refractivity contribution in [3.8, 4) is 0 Å². The van der Waals surface area contributed by atoms with Crippen molar-refractivity contribution in [2.24, 2.45) is 23.7 Å². The number of hydrogen-bond acceptors (Lipinski definition) is 1. The molecule has 0 bridgehead atoms. The van der Waals surface area contributed by atoms with Crippen molar-refractivity contribution in [3.05, 3.63) is 0 Å². The Bertz CT molecular complexity index is 216. The Kier molecular flexibility index (Phi) is 8.06. The zero-order valence-corrected chi connectivity index (χ0v) is 14.0. The van der Waals surface area contributed by atoms with Gasteiger partial charge in [0, 0.05) is 6.04 Å². The summed E-state index contributed by atoms with van der Waals surface area (Å²) in [5.41, 5.74) is 0. The van der Waals surface area contributed by atoms with Gasteiger partial charge in [0.15, 0.2) is 0 Å². The lowest BCUT2D eigenvalue weighted by Gasteiger charge is -2.38. The largest absolute Gasteiger partial charge is 0.313 e. The SMILES string of the molecule is CCCNC(C(C)CCC)C1CCC(C(C)C)CC1. The molecule has 1 aliphatic rings. The predicted molar refractivity (Wildman–Crippen MR) is 86.4 cm³/mol. The van der Waals surface area contributed by atoms with Gasteiger partial charge in [-0.25, -0.2) is 0 Å². The van der Waals surface area contributed by atoms with Crippen molar-refractivity contribution >= 4 is 0 Å². The van der Waals surface area contributed by atoms with E-state index in [2.05, 4.69) is 39.9 Å². The van der Waals surface area contributed by atoms with Crippen LogP contribution in [-0.2, 0) is 0 Å². The Morgan fingerprint density at radius 3 is 1.95 bits per heavy atom. The van der Waals surface area contributed by atoms with E-state index in [1.165, 1.54) is 51.5 Å². The Labute approximate surface area is 121 Å². The standard InChI is InChI=1S/C18H37N/c1-6-8-15(5)18(19-13-7-2)17-11-9-16(10-12-17)14(3)4/h14-19H,6-13H2,1-5H3. The molecule has 0 heterocycles. The number of hydrogen-bond donors (Lipinski definition) is 1. The van der Waals surface area contributed by atoms with Gasteiger partial charge in [0.1, 0.15) is 0 Å². The summed E-state index contributed by atoms with van der Waals surface area (Å²) in [7, 11) is 0. The molecule has 0 aromatic rings. The van der Waals surface area contributed by atoms with Crippen LogP contribution in [0.25, 0.3) is 0 Å². The molecule has 2 unspecified atom stereocenters. The fourth-order valence-electron chi connectivity index (χ4n) is 3.95. The summed E-state index contributed by atoms with van der Waals surface area (Å²) in [6.07, 6.45) is 9.81. The van der Waals surface area contributed by atoms with Crippen molar-refractivity contribution in [2.75, 3.05) is 6.54 Å². The van der Waals surface area contributed by atoms with E-state index in [0.29, 0.717) is 0 Å². The molecule has 0 spiro atoms. The highest BCUT2D eigenvalue weighted by Gasteiger charge is 2.30. The second-order valence-corrected chi connectivity index (χ2v) is 7.16. The minimum Gasteiger partial charge on any atom is -0.313 e. The van der Waals surface area contributed by atoms with Crippen LogP contribution in [0.4, 0.5) is 0 Å². The van der Waals surface area contributed by atoms with E-state index in [1.807, 2.05) is 0 Å². The average molecular weight is 268 g/mol. The summed E-state index contributed by atoms with van der Waals surface area (Å²) in [6.45, 7) is 13.1. The normalized spacial score (nSPS) is 27.5. The van der Waals surface area contributed by atoms with E-state index in [4.69, 9.17) is 0 Å². The van der Waals surface area contributed by atoms with Crippen LogP contribution in [0.2, 0.25) is 0 Å². The lowest BCUT2D eigenvalue weighted by Crippen LogP contribution is -2.43. The molecule has 0 amide bonds. The monoisotopic (exact) mass is 267 g/mol. The van der Waals surface area contributed by atoms with Crippen LogP contribution in [0, 0.1) is 23.7 Å². The van der Waals surface area contributed by atoms with Crippen molar-refractivity contribution in [3.63, 3.8) is 0 Å². The molecule has 0 aliphatic heterocycles. The maximum absolute atomic E-state index is 3.87. The van der Waals surface area contributed by atoms with Gasteiger partial charge in [-0.15, -0.1) is 0 Å². The summed E-state index contributed by atoms with van der Waals surface area (Å²) in [4.78, 5) is 0. The number of rotatable bonds is 8. The van der Waals surface area contributed by atoms with E-state index in [0.717, 1.165) is 29.7 Å². The van der Waals surface area contributed by atoms with Crippen molar-refractivity contribution in [2.45, 2.75) is 85.6 Å². The van der Waals surface area contributed by atoms with Gasteiger partial charge >= 0.3 is 0 Å². The van der Waals surface area contributed by atoms with E-state index in [-0.39, 0.29) is 0 Å². The smallest absolute Gasteiger partial charge is 0.0121 e. The number of nitrogens with one attached hydrogen (secondary N) is 1. The Morgan fingerprint density at radius 2 is 1.47 bits per heavy atom. The van der Waals surface area contributed by atoms with Gasteiger partial charge in [-0.2, -0.15) is 0 Å². The molecule has 1 heteroatoms. The van der Waals surface area contributed by atoms with Gasteiger partial charge in [-0.3, -0.25) is 0 Å². The molecular formula is C18H37N. The molecule has 19 heavy (non-hydrogen) atoms. The van der Waals surface area contributed by atoms with Crippen molar-refractivity contribution in [1.82, 2.24) is 5.32 Å². The summed E-state index contributed by atoms with van der Waals surface area (Å²) >= 11 is 0. The molecule has 2 atom stereocenters. The summed E-state index contributed by atoms with van der Waals surface area (Å²) in [5, 5.41) is 3.87. The van der Waals surface area contributed by atoms with Crippen LogP contribution in [-0.4, -0.2) is 12.6 Å². The van der Waals surface area contributed by atoms with Gasteiger partial charge in [0.25, 0.3) is 0 Å². The molecule has 1 fully saturated rings. The average Bonchev–Trinajstić information content (AvgIpc) is 2.40. The summed E-state index contributed by atoms with van der Waals surface area (Å²) in [6, 6.07) is 0.771. The first kappa shape index (κ1) is 17.0. The highest BCUT2D eigenvalue weighted by molar-refractivity contribution is 4.85. The Balaban J connectivity index is 2.51. The molecule has 0 aromatic carbocycles.